The number of rotatable bonds is 5. The number of aryl methyl sites for hydroxylation is 1. The van der Waals surface area contributed by atoms with Gasteiger partial charge in [0, 0.05) is 21.2 Å². The number of carbonyl (C=O) groups is 1. The zero-order valence-corrected chi connectivity index (χ0v) is 12.0. The average molecular weight is 276 g/mol. The first-order chi connectivity index (χ1) is 9.54. The minimum Gasteiger partial charge on any atom is -0.383 e. The average Bonchev–Trinajstić information content (AvgIpc) is 2.75. The molecule has 0 fully saturated rings. The first-order valence-corrected chi connectivity index (χ1v) is 6.44. The molecule has 108 valence electrons. The maximum Gasteiger partial charge on any atom is 0.242 e. The van der Waals surface area contributed by atoms with Gasteiger partial charge >= 0.3 is 0 Å². The number of benzene rings is 1. The summed E-state index contributed by atoms with van der Waals surface area (Å²) in [6.07, 6.45) is 0. The van der Waals surface area contributed by atoms with Crippen LogP contribution in [0.2, 0.25) is 0 Å². The van der Waals surface area contributed by atoms with E-state index in [-0.39, 0.29) is 12.5 Å². The number of ether oxygens (including phenoxy) is 1. The summed E-state index contributed by atoms with van der Waals surface area (Å²) >= 11 is 0. The monoisotopic (exact) mass is 276 g/mol. The van der Waals surface area contributed by atoms with Crippen molar-refractivity contribution in [1.29, 1.82) is 0 Å². The number of para-hydroxylation sites is 2. The van der Waals surface area contributed by atoms with Gasteiger partial charge in [-0.25, -0.2) is 4.98 Å². The van der Waals surface area contributed by atoms with Crippen LogP contribution in [0.4, 0.5) is 0 Å². The number of hydrogen-bond donors (Lipinski definition) is 1. The SMILES string of the molecule is COCC(N)C(=O)N(C)Cc1nc2ccccc2n1C. The lowest BCUT2D eigenvalue weighted by molar-refractivity contribution is -0.133. The van der Waals surface area contributed by atoms with Crippen molar-refractivity contribution in [3.63, 3.8) is 0 Å². The van der Waals surface area contributed by atoms with Gasteiger partial charge in [-0.1, -0.05) is 12.1 Å². The molecule has 1 aromatic heterocycles. The highest BCUT2D eigenvalue weighted by Gasteiger charge is 2.19. The van der Waals surface area contributed by atoms with Crippen LogP contribution >= 0.6 is 0 Å². The van der Waals surface area contributed by atoms with Gasteiger partial charge in [-0.2, -0.15) is 0 Å². The number of amides is 1. The lowest BCUT2D eigenvalue weighted by Gasteiger charge is -2.20. The first kappa shape index (κ1) is 14.5. The first-order valence-electron chi connectivity index (χ1n) is 6.44. The third-order valence-corrected chi connectivity index (χ3v) is 3.30. The highest BCUT2D eigenvalue weighted by molar-refractivity contribution is 5.81. The van der Waals surface area contributed by atoms with Gasteiger partial charge in [0.25, 0.3) is 0 Å². The van der Waals surface area contributed by atoms with Gasteiger partial charge in [0.2, 0.25) is 5.91 Å². The summed E-state index contributed by atoms with van der Waals surface area (Å²) in [5.41, 5.74) is 7.72. The van der Waals surface area contributed by atoms with Crippen LogP contribution in [0, 0.1) is 0 Å². The molecule has 0 radical (unpaired) electrons. The molecule has 2 N–H and O–H groups in total. The van der Waals surface area contributed by atoms with Crippen LogP contribution in [-0.4, -0.2) is 47.2 Å². The fourth-order valence-electron chi connectivity index (χ4n) is 2.16. The molecule has 2 aromatic rings. The van der Waals surface area contributed by atoms with Gasteiger partial charge in [0.15, 0.2) is 0 Å². The number of methoxy groups -OCH3 is 1. The minimum atomic E-state index is -0.639. The number of imidazole rings is 1. The van der Waals surface area contributed by atoms with E-state index in [1.165, 1.54) is 7.11 Å². The van der Waals surface area contributed by atoms with E-state index in [0.717, 1.165) is 16.9 Å². The molecule has 2 rings (SSSR count). The molecule has 0 saturated heterocycles. The zero-order chi connectivity index (χ0) is 14.7. The molecule has 1 unspecified atom stereocenters. The summed E-state index contributed by atoms with van der Waals surface area (Å²) < 4.78 is 6.89. The van der Waals surface area contributed by atoms with E-state index in [1.54, 1.807) is 11.9 Å². The molecule has 20 heavy (non-hydrogen) atoms. The van der Waals surface area contributed by atoms with E-state index >= 15 is 0 Å². The van der Waals surface area contributed by atoms with Gasteiger partial charge in [0.1, 0.15) is 11.9 Å². The molecule has 6 nitrogen and oxygen atoms in total. The van der Waals surface area contributed by atoms with E-state index in [9.17, 15) is 4.79 Å². The smallest absolute Gasteiger partial charge is 0.242 e. The Morgan fingerprint density at radius 3 is 2.85 bits per heavy atom. The van der Waals surface area contributed by atoms with Crippen molar-refractivity contribution < 1.29 is 9.53 Å². The molecule has 0 spiro atoms. The van der Waals surface area contributed by atoms with E-state index < -0.39 is 6.04 Å². The molecule has 6 heteroatoms. The van der Waals surface area contributed by atoms with Crippen molar-refractivity contribution >= 4 is 16.9 Å². The topological polar surface area (TPSA) is 73.4 Å². The summed E-state index contributed by atoms with van der Waals surface area (Å²) in [4.78, 5) is 18.2. The molecule has 0 bridgehead atoms. The Bertz CT molecular complexity index is 608. The van der Waals surface area contributed by atoms with Crippen LogP contribution in [0.15, 0.2) is 24.3 Å². The van der Waals surface area contributed by atoms with E-state index in [0.29, 0.717) is 6.54 Å². The number of likely N-dealkylation sites (N-methyl/N-ethyl adjacent to an activating group) is 1. The van der Waals surface area contributed by atoms with Gasteiger partial charge in [-0.3, -0.25) is 4.79 Å². The Balaban J connectivity index is 2.15. The van der Waals surface area contributed by atoms with Crippen molar-refractivity contribution in [3.8, 4) is 0 Å². The fourth-order valence-corrected chi connectivity index (χ4v) is 2.16. The fraction of sp³-hybridized carbons (Fsp3) is 0.429. The molecule has 0 aliphatic carbocycles. The summed E-state index contributed by atoms with van der Waals surface area (Å²) in [5, 5.41) is 0. The maximum atomic E-state index is 12.0. The molecular weight excluding hydrogens is 256 g/mol. The summed E-state index contributed by atoms with van der Waals surface area (Å²) in [6.45, 7) is 0.632. The van der Waals surface area contributed by atoms with Crippen LogP contribution < -0.4 is 5.73 Å². The number of hydrogen-bond acceptors (Lipinski definition) is 4. The maximum absolute atomic E-state index is 12.0. The Morgan fingerprint density at radius 2 is 2.20 bits per heavy atom. The second-order valence-corrected chi connectivity index (χ2v) is 4.83. The second-order valence-electron chi connectivity index (χ2n) is 4.83. The van der Waals surface area contributed by atoms with Crippen LogP contribution in [0.3, 0.4) is 0 Å². The Labute approximate surface area is 118 Å². The van der Waals surface area contributed by atoms with Gasteiger partial charge < -0.3 is 19.9 Å². The van der Waals surface area contributed by atoms with E-state index in [1.807, 2.05) is 35.9 Å². The molecule has 0 aliphatic rings. The number of nitrogens with zero attached hydrogens (tertiary/aromatic N) is 3. The lowest BCUT2D eigenvalue weighted by Crippen LogP contribution is -2.44. The molecule has 1 aromatic carbocycles. The van der Waals surface area contributed by atoms with Crippen molar-refractivity contribution in [2.75, 3.05) is 20.8 Å². The van der Waals surface area contributed by atoms with Crippen LogP contribution in [0.25, 0.3) is 11.0 Å². The number of nitrogens with two attached hydrogens (primary N) is 1. The minimum absolute atomic E-state index is 0.154. The number of fused-ring (bicyclic) bond motifs is 1. The van der Waals surface area contributed by atoms with Crippen LogP contribution in [0.5, 0.6) is 0 Å². The van der Waals surface area contributed by atoms with Gasteiger partial charge in [-0.15, -0.1) is 0 Å². The molecule has 0 saturated carbocycles. The zero-order valence-electron chi connectivity index (χ0n) is 12.0. The summed E-state index contributed by atoms with van der Waals surface area (Å²) in [6, 6.07) is 7.24. The van der Waals surface area contributed by atoms with Crippen LogP contribution in [-0.2, 0) is 23.1 Å². The van der Waals surface area contributed by atoms with Gasteiger partial charge in [-0.05, 0) is 12.1 Å². The van der Waals surface area contributed by atoms with Crippen molar-refractivity contribution in [2.45, 2.75) is 12.6 Å². The molecule has 1 atom stereocenters. The molecule has 0 aliphatic heterocycles. The molecule has 1 amide bonds. The van der Waals surface area contributed by atoms with Gasteiger partial charge in [0.05, 0.1) is 24.2 Å². The van der Waals surface area contributed by atoms with Crippen molar-refractivity contribution in [2.24, 2.45) is 12.8 Å². The molecule has 1 heterocycles. The summed E-state index contributed by atoms with van der Waals surface area (Å²) in [5.74, 6) is 0.672. The number of aromatic nitrogens is 2. The summed E-state index contributed by atoms with van der Waals surface area (Å²) in [7, 11) is 5.19. The quantitative estimate of drug-likeness (QED) is 0.863. The highest BCUT2D eigenvalue weighted by atomic mass is 16.5. The molecular formula is C14H20N4O2. The van der Waals surface area contributed by atoms with Crippen LogP contribution in [0.1, 0.15) is 5.82 Å². The Morgan fingerprint density at radius 1 is 1.50 bits per heavy atom. The Kier molecular flexibility index (Phi) is 4.36. The van der Waals surface area contributed by atoms with Crippen molar-refractivity contribution in [1.82, 2.24) is 14.5 Å². The van der Waals surface area contributed by atoms with E-state index in [2.05, 4.69) is 4.98 Å². The third-order valence-electron chi connectivity index (χ3n) is 3.30. The number of carbonyl (C=O) groups excluding carboxylic acids is 1. The highest BCUT2D eigenvalue weighted by Crippen LogP contribution is 2.15. The normalized spacial score (nSPS) is 12.6. The van der Waals surface area contributed by atoms with E-state index in [4.69, 9.17) is 10.5 Å². The lowest BCUT2D eigenvalue weighted by atomic mass is 10.3. The predicted octanol–water partition coefficient (Wildman–Crippen LogP) is 0.505. The third kappa shape index (κ3) is 2.81. The predicted molar refractivity (Wildman–Crippen MR) is 77.0 cm³/mol. The second kappa shape index (κ2) is 6.02. The Hall–Kier alpha value is -1.92. The largest absolute Gasteiger partial charge is 0.383 e. The standard InChI is InChI=1S/C14H20N4O2/c1-17(14(19)10(15)9-20-3)8-13-16-11-6-4-5-7-12(11)18(13)2/h4-7,10H,8-9,15H2,1-3H3. The van der Waals surface area contributed by atoms with Crippen molar-refractivity contribution in [3.05, 3.63) is 30.1 Å².